The number of carbonyl (C=O) groups excluding carboxylic acids is 1. The van der Waals surface area contributed by atoms with E-state index in [2.05, 4.69) is 0 Å². The summed E-state index contributed by atoms with van der Waals surface area (Å²) in [6.07, 6.45) is 3.78. The quantitative estimate of drug-likeness (QED) is 0.488. The highest BCUT2D eigenvalue weighted by Crippen LogP contribution is 2.39. The van der Waals surface area contributed by atoms with Gasteiger partial charge in [-0.15, -0.1) is 0 Å². The summed E-state index contributed by atoms with van der Waals surface area (Å²) in [6.45, 7) is 0.493. The molecule has 0 fully saturated rings. The average Bonchev–Trinajstić information content (AvgIpc) is 3.14. The van der Waals surface area contributed by atoms with Gasteiger partial charge < -0.3 is 19.1 Å². The molecule has 0 unspecified atom stereocenters. The highest BCUT2D eigenvalue weighted by Gasteiger charge is 2.29. The van der Waals surface area contributed by atoms with Crippen LogP contribution in [0.2, 0.25) is 0 Å². The molecule has 0 aromatic heterocycles. The summed E-state index contributed by atoms with van der Waals surface area (Å²) in [6, 6.07) is 23.6. The molecular formula is C27H25NO4. The van der Waals surface area contributed by atoms with Crippen molar-refractivity contribution >= 4 is 17.7 Å². The van der Waals surface area contributed by atoms with E-state index in [0.717, 1.165) is 22.4 Å². The van der Waals surface area contributed by atoms with E-state index in [1.807, 2.05) is 89.8 Å². The number of ether oxygens (including phenoxy) is 3. The average molecular weight is 428 g/mol. The van der Waals surface area contributed by atoms with Gasteiger partial charge in [0.2, 0.25) is 5.75 Å². The van der Waals surface area contributed by atoms with Gasteiger partial charge in [0.25, 0.3) is 5.91 Å². The zero-order valence-electron chi connectivity index (χ0n) is 18.4. The zero-order chi connectivity index (χ0) is 22.5. The number of methoxy groups -OCH3 is 3. The van der Waals surface area contributed by atoms with Crippen molar-refractivity contribution in [3.8, 4) is 17.2 Å². The monoisotopic (exact) mass is 427 g/mol. The molecule has 162 valence electrons. The van der Waals surface area contributed by atoms with Crippen LogP contribution >= 0.6 is 0 Å². The molecule has 0 saturated carbocycles. The van der Waals surface area contributed by atoms with E-state index in [1.165, 1.54) is 0 Å². The lowest BCUT2D eigenvalue weighted by molar-refractivity contribution is -0.123. The van der Waals surface area contributed by atoms with Gasteiger partial charge in [-0.3, -0.25) is 4.79 Å². The lowest BCUT2D eigenvalue weighted by Crippen LogP contribution is -2.25. The first-order valence-corrected chi connectivity index (χ1v) is 10.3. The summed E-state index contributed by atoms with van der Waals surface area (Å²) in [7, 11) is 4.71. The largest absolute Gasteiger partial charge is 0.493 e. The van der Waals surface area contributed by atoms with E-state index in [4.69, 9.17) is 14.2 Å². The Hall–Kier alpha value is -3.99. The molecular weight excluding hydrogens is 402 g/mol. The first kappa shape index (κ1) is 21.2. The third kappa shape index (κ3) is 4.23. The Kier molecular flexibility index (Phi) is 6.26. The highest BCUT2D eigenvalue weighted by molar-refractivity contribution is 6.10. The Morgan fingerprint density at radius 1 is 0.812 bits per heavy atom. The predicted octanol–water partition coefficient (Wildman–Crippen LogP) is 5.18. The number of nitrogens with zero attached hydrogens (tertiary/aromatic N) is 1. The Balaban J connectivity index is 1.77. The van der Waals surface area contributed by atoms with Gasteiger partial charge in [-0.05, 0) is 41.0 Å². The molecule has 1 amide bonds. The second kappa shape index (κ2) is 9.43. The van der Waals surface area contributed by atoms with Crippen molar-refractivity contribution in [2.75, 3.05) is 21.3 Å². The predicted molar refractivity (Wildman–Crippen MR) is 125 cm³/mol. The maximum absolute atomic E-state index is 13.4. The standard InChI is InChI=1S/C27H25NO4/c1-30-24-15-20(16-25(31-2)26(24)32-3)14-22-17-23(21-12-8-5-9-13-21)28(27(22)29)18-19-10-6-4-7-11-19/h4-17H,18H2,1-3H3/b22-14+. The maximum atomic E-state index is 13.4. The van der Waals surface area contributed by atoms with Gasteiger partial charge in [-0.2, -0.15) is 0 Å². The second-order valence-electron chi connectivity index (χ2n) is 7.33. The molecule has 3 aromatic rings. The van der Waals surface area contributed by atoms with Crippen LogP contribution in [0.5, 0.6) is 17.2 Å². The fourth-order valence-corrected chi connectivity index (χ4v) is 3.79. The Morgan fingerprint density at radius 3 is 1.97 bits per heavy atom. The zero-order valence-corrected chi connectivity index (χ0v) is 18.4. The van der Waals surface area contributed by atoms with E-state index < -0.39 is 0 Å². The Morgan fingerprint density at radius 2 is 1.41 bits per heavy atom. The number of rotatable bonds is 7. The molecule has 0 N–H and O–H groups in total. The summed E-state index contributed by atoms with van der Waals surface area (Å²) < 4.78 is 16.3. The van der Waals surface area contributed by atoms with Crippen molar-refractivity contribution in [1.82, 2.24) is 4.90 Å². The summed E-state index contributed by atoms with van der Waals surface area (Å²) in [5.41, 5.74) is 4.31. The minimum atomic E-state index is -0.0542. The van der Waals surface area contributed by atoms with Gasteiger partial charge >= 0.3 is 0 Å². The minimum Gasteiger partial charge on any atom is -0.493 e. The molecule has 3 aromatic carbocycles. The molecule has 32 heavy (non-hydrogen) atoms. The third-order valence-corrected chi connectivity index (χ3v) is 5.34. The first-order valence-electron chi connectivity index (χ1n) is 10.3. The number of hydrogen-bond acceptors (Lipinski definition) is 4. The van der Waals surface area contributed by atoms with E-state index in [-0.39, 0.29) is 5.91 Å². The summed E-state index contributed by atoms with van der Waals surface area (Å²) in [4.78, 5) is 15.3. The van der Waals surface area contributed by atoms with Gasteiger partial charge in [0, 0.05) is 5.57 Å². The van der Waals surface area contributed by atoms with Crippen LogP contribution < -0.4 is 14.2 Å². The lowest BCUT2D eigenvalue weighted by atomic mass is 10.1. The van der Waals surface area contributed by atoms with Gasteiger partial charge in [-0.1, -0.05) is 60.7 Å². The van der Waals surface area contributed by atoms with Gasteiger partial charge in [0.15, 0.2) is 11.5 Å². The normalized spacial score (nSPS) is 14.5. The summed E-state index contributed by atoms with van der Waals surface area (Å²) >= 11 is 0. The van der Waals surface area contributed by atoms with Crippen LogP contribution in [0.25, 0.3) is 11.8 Å². The second-order valence-corrected chi connectivity index (χ2v) is 7.33. The number of hydrogen-bond donors (Lipinski definition) is 0. The minimum absolute atomic E-state index is 0.0542. The van der Waals surface area contributed by atoms with Crippen molar-refractivity contribution in [2.45, 2.75) is 6.54 Å². The van der Waals surface area contributed by atoms with Crippen LogP contribution in [0.3, 0.4) is 0 Å². The molecule has 0 atom stereocenters. The van der Waals surface area contributed by atoms with Crippen LogP contribution in [0.1, 0.15) is 16.7 Å². The van der Waals surface area contributed by atoms with E-state index >= 15 is 0 Å². The molecule has 4 rings (SSSR count). The molecule has 5 nitrogen and oxygen atoms in total. The lowest BCUT2D eigenvalue weighted by Gasteiger charge is -2.21. The van der Waals surface area contributed by atoms with Crippen molar-refractivity contribution in [3.63, 3.8) is 0 Å². The van der Waals surface area contributed by atoms with Gasteiger partial charge in [-0.25, -0.2) is 0 Å². The summed E-state index contributed by atoms with van der Waals surface area (Å²) in [5, 5.41) is 0. The Bertz CT molecular complexity index is 1140. The van der Waals surface area contributed by atoms with Crippen molar-refractivity contribution in [3.05, 3.63) is 101 Å². The van der Waals surface area contributed by atoms with Crippen LogP contribution in [0.4, 0.5) is 0 Å². The van der Waals surface area contributed by atoms with Crippen LogP contribution in [-0.4, -0.2) is 32.1 Å². The van der Waals surface area contributed by atoms with E-state index in [0.29, 0.717) is 29.4 Å². The van der Waals surface area contributed by atoms with Crippen LogP contribution in [0.15, 0.2) is 84.4 Å². The smallest absolute Gasteiger partial charge is 0.258 e. The molecule has 0 saturated heterocycles. The number of benzene rings is 3. The van der Waals surface area contributed by atoms with E-state index in [9.17, 15) is 4.79 Å². The number of carbonyl (C=O) groups is 1. The fraction of sp³-hybridized carbons (Fsp3) is 0.148. The molecule has 0 aliphatic carbocycles. The number of amides is 1. The fourth-order valence-electron chi connectivity index (χ4n) is 3.79. The molecule has 0 spiro atoms. The van der Waals surface area contributed by atoms with Crippen molar-refractivity contribution in [2.24, 2.45) is 0 Å². The van der Waals surface area contributed by atoms with Gasteiger partial charge in [0.05, 0.1) is 33.6 Å². The molecule has 1 aliphatic heterocycles. The van der Waals surface area contributed by atoms with Gasteiger partial charge in [0.1, 0.15) is 0 Å². The third-order valence-electron chi connectivity index (χ3n) is 5.34. The molecule has 5 heteroatoms. The van der Waals surface area contributed by atoms with Crippen molar-refractivity contribution in [1.29, 1.82) is 0 Å². The van der Waals surface area contributed by atoms with Crippen LogP contribution in [0, 0.1) is 0 Å². The van der Waals surface area contributed by atoms with Crippen LogP contribution in [-0.2, 0) is 11.3 Å². The summed E-state index contributed by atoms with van der Waals surface area (Å²) in [5.74, 6) is 1.54. The Labute approximate surface area is 188 Å². The first-order chi connectivity index (χ1) is 15.6. The highest BCUT2D eigenvalue weighted by atomic mass is 16.5. The van der Waals surface area contributed by atoms with Crippen molar-refractivity contribution < 1.29 is 19.0 Å². The molecule has 0 radical (unpaired) electrons. The molecule has 1 aliphatic rings. The maximum Gasteiger partial charge on any atom is 0.258 e. The SMILES string of the molecule is COc1cc(/C=C2\C=C(c3ccccc3)N(Cc3ccccc3)C2=O)cc(OC)c1OC. The molecule has 1 heterocycles. The van der Waals surface area contributed by atoms with E-state index in [1.54, 1.807) is 21.3 Å². The molecule has 0 bridgehead atoms. The topological polar surface area (TPSA) is 48.0 Å².